The van der Waals surface area contributed by atoms with Crippen molar-refractivity contribution in [2.24, 2.45) is 0 Å². The van der Waals surface area contributed by atoms with Crippen LogP contribution in [0.2, 0.25) is 0 Å². The lowest BCUT2D eigenvalue weighted by atomic mass is 10.00. The van der Waals surface area contributed by atoms with Crippen LogP contribution >= 0.6 is 0 Å². The third-order valence-corrected chi connectivity index (χ3v) is 2.43. The largest absolute Gasteiger partial charge is 0.429 e. The van der Waals surface area contributed by atoms with Gasteiger partial charge >= 0.3 is 5.97 Å². The van der Waals surface area contributed by atoms with Crippen LogP contribution in [0.25, 0.3) is 0 Å². The molecule has 13 heavy (non-hydrogen) atoms. The van der Waals surface area contributed by atoms with Gasteiger partial charge in [0, 0.05) is 5.57 Å². The zero-order valence-corrected chi connectivity index (χ0v) is 7.79. The third kappa shape index (κ3) is 2.10. The maximum absolute atomic E-state index is 11.4. The normalized spacial score (nSPS) is 32.2. The summed E-state index contributed by atoms with van der Waals surface area (Å²) in [4.78, 5) is 11.4. The molecule has 2 aliphatic rings. The van der Waals surface area contributed by atoms with E-state index in [9.17, 15) is 4.79 Å². The number of rotatable bonds is 2. The first-order valence-corrected chi connectivity index (χ1v) is 4.83. The van der Waals surface area contributed by atoms with Crippen LogP contribution in [0.5, 0.6) is 0 Å². The van der Waals surface area contributed by atoms with E-state index in [1.165, 1.54) is 6.42 Å². The number of carbonyl (C=O) groups excluding carboxylic acids is 1. The summed E-state index contributed by atoms with van der Waals surface area (Å²) < 4.78 is 10.1. The Labute approximate surface area is 77.7 Å². The van der Waals surface area contributed by atoms with E-state index in [1.54, 1.807) is 0 Å². The fourth-order valence-corrected chi connectivity index (χ4v) is 1.49. The molecule has 3 heteroatoms. The van der Waals surface area contributed by atoms with E-state index in [-0.39, 0.29) is 18.4 Å². The van der Waals surface area contributed by atoms with Gasteiger partial charge in [-0.2, -0.15) is 0 Å². The second-order valence-corrected chi connectivity index (χ2v) is 3.59. The Morgan fingerprint density at radius 1 is 1.62 bits per heavy atom. The third-order valence-electron chi connectivity index (χ3n) is 2.43. The molecule has 3 nitrogen and oxygen atoms in total. The van der Waals surface area contributed by atoms with Gasteiger partial charge in [0.15, 0.2) is 0 Å². The van der Waals surface area contributed by atoms with Crippen molar-refractivity contribution in [3.8, 4) is 0 Å². The first-order valence-electron chi connectivity index (χ1n) is 4.83. The van der Waals surface area contributed by atoms with Gasteiger partial charge in [0.25, 0.3) is 0 Å². The number of ether oxygens (including phenoxy) is 2. The highest BCUT2D eigenvalue weighted by molar-refractivity contribution is 5.88. The number of esters is 1. The molecule has 72 valence electrons. The lowest BCUT2D eigenvalue weighted by Crippen LogP contribution is -2.12. The van der Waals surface area contributed by atoms with Gasteiger partial charge in [0.2, 0.25) is 6.29 Å². The summed E-state index contributed by atoms with van der Waals surface area (Å²) >= 11 is 0. The van der Waals surface area contributed by atoms with Crippen molar-refractivity contribution in [2.75, 3.05) is 0 Å². The molecular weight excluding hydrogens is 168 g/mol. The molecule has 0 radical (unpaired) electrons. The van der Waals surface area contributed by atoms with E-state index in [1.807, 2.05) is 13.0 Å². The maximum Gasteiger partial charge on any atom is 0.336 e. The molecular formula is C10H14O3. The Bertz CT molecular complexity index is 245. The summed E-state index contributed by atoms with van der Waals surface area (Å²) in [5.41, 5.74) is 0.828. The molecule has 0 saturated carbocycles. The summed E-state index contributed by atoms with van der Waals surface area (Å²) in [5.74, 6) is -0.186. The van der Waals surface area contributed by atoms with Crippen LogP contribution in [-0.4, -0.2) is 18.4 Å². The zero-order chi connectivity index (χ0) is 9.26. The molecule has 2 rings (SSSR count). The van der Waals surface area contributed by atoms with E-state index in [4.69, 9.17) is 9.47 Å². The Balaban J connectivity index is 1.85. The van der Waals surface area contributed by atoms with Gasteiger partial charge < -0.3 is 9.47 Å². The van der Waals surface area contributed by atoms with Crippen molar-refractivity contribution in [1.29, 1.82) is 0 Å². The van der Waals surface area contributed by atoms with Gasteiger partial charge in [-0.25, -0.2) is 4.79 Å². The first-order chi connectivity index (χ1) is 6.27. The first kappa shape index (κ1) is 8.75. The highest BCUT2D eigenvalue weighted by Crippen LogP contribution is 2.25. The molecule has 1 heterocycles. The molecule has 0 amide bonds. The molecule has 2 unspecified atom stereocenters. The quantitative estimate of drug-likeness (QED) is 0.482. The second kappa shape index (κ2) is 3.50. The number of hydrogen-bond donors (Lipinski definition) is 0. The summed E-state index contributed by atoms with van der Waals surface area (Å²) in [6, 6.07) is 0. The predicted octanol–water partition coefficient (Wildman–Crippen LogP) is 1.77. The standard InChI is InChI=1S/C10H14O3/c1-7-10(12-7)13-9(11)8-5-3-2-4-6-8/h5,7,10H,2-4,6H2,1H3. The summed E-state index contributed by atoms with van der Waals surface area (Å²) in [7, 11) is 0. The van der Waals surface area contributed by atoms with Crippen LogP contribution in [-0.2, 0) is 14.3 Å². The van der Waals surface area contributed by atoms with E-state index >= 15 is 0 Å². The van der Waals surface area contributed by atoms with Gasteiger partial charge in [-0.15, -0.1) is 0 Å². The number of allylic oxidation sites excluding steroid dienone is 1. The van der Waals surface area contributed by atoms with E-state index in [0.717, 1.165) is 24.8 Å². The minimum atomic E-state index is -0.282. The minimum Gasteiger partial charge on any atom is -0.429 e. The van der Waals surface area contributed by atoms with E-state index in [0.29, 0.717) is 0 Å². The molecule has 0 bridgehead atoms. The van der Waals surface area contributed by atoms with Crippen LogP contribution in [0.3, 0.4) is 0 Å². The summed E-state index contributed by atoms with van der Waals surface area (Å²) in [5, 5.41) is 0. The number of carbonyl (C=O) groups is 1. The fraction of sp³-hybridized carbons (Fsp3) is 0.700. The highest BCUT2D eigenvalue weighted by atomic mass is 16.8. The molecule has 0 aromatic carbocycles. The van der Waals surface area contributed by atoms with Gasteiger partial charge in [-0.3, -0.25) is 0 Å². The average molecular weight is 182 g/mol. The summed E-state index contributed by atoms with van der Waals surface area (Å²) in [6.07, 6.45) is 5.95. The minimum absolute atomic E-state index is 0.0909. The van der Waals surface area contributed by atoms with Crippen molar-refractivity contribution in [2.45, 2.75) is 45.0 Å². The number of epoxide rings is 1. The predicted molar refractivity (Wildman–Crippen MR) is 47.0 cm³/mol. The second-order valence-electron chi connectivity index (χ2n) is 3.59. The molecule has 0 N–H and O–H groups in total. The lowest BCUT2D eigenvalue weighted by molar-refractivity contribution is -0.144. The monoisotopic (exact) mass is 182 g/mol. The smallest absolute Gasteiger partial charge is 0.336 e. The molecule has 1 aliphatic heterocycles. The molecule has 0 aromatic heterocycles. The molecule has 1 saturated heterocycles. The van der Waals surface area contributed by atoms with Crippen LogP contribution in [0.4, 0.5) is 0 Å². The maximum atomic E-state index is 11.4. The Kier molecular flexibility index (Phi) is 2.36. The topological polar surface area (TPSA) is 38.8 Å². The number of hydrogen-bond acceptors (Lipinski definition) is 3. The zero-order valence-electron chi connectivity index (χ0n) is 7.79. The van der Waals surface area contributed by atoms with E-state index in [2.05, 4.69) is 0 Å². The van der Waals surface area contributed by atoms with Gasteiger partial charge in [0.1, 0.15) is 6.10 Å². The average Bonchev–Trinajstić information content (AvgIpc) is 2.83. The van der Waals surface area contributed by atoms with Crippen molar-refractivity contribution in [3.05, 3.63) is 11.6 Å². The van der Waals surface area contributed by atoms with Gasteiger partial charge in [0.05, 0.1) is 0 Å². The van der Waals surface area contributed by atoms with E-state index < -0.39 is 0 Å². The molecule has 1 fully saturated rings. The molecule has 2 atom stereocenters. The lowest BCUT2D eigenvalue weighted by Gasteiger charge is -2.10. The van der Waals surface area contributed by atoms with Crippen LogP contribution in [0.1, 0.15) is 32.6 Å². The molecule has 1 aliphatic carbocycles. The van der Waals surface area contributed by atoms with Crippen molar-refractivity contribution in [3.63, 3.8) is 0 Å². The Morgan fingerprint density at radius 2 is 2.38 bits per heavy atom. The van der Waals surface area contributed by atoms with Crippen LogP contribution in [0.15, 0.2) is 11.6 Å². The van der Waals surface area contributed by atoms with Gasteiger partial charge in [-0.05, 0) is 32.6 Å². The molecule has 0 spiro atoms. The van der Waals surface area contributed by atoms with Crippen LogP contribution in [0, 0.1) is 0 Å². The summed E-state index contributed by atoms with van der Waals surface area (Å²) in [6.45, 7) is 1.90. The Hall–Kier alpha value is -0.830. The molecule has 0 aromatic rings. The Morgan fingerprint density at radius 3 is 2.92 bits per heavy atom. The van der Waals surface area contributed by atoms with Crippen LogP contribution < -0.4 is 0 Å². The highest BCUT2D eigenvalue weighted by Gasteiger charge is 2.38. The van der Waals surface area contributed by atoms with Gasteiger partial charge in [-0.1, -0.05) is 6.08 Å². The fourth-order valence-electron chi connectivity index (χ4n) is 1.49. The SMILES string of the molecule is CC1OC1OC(=O)C1=CCCCC1. The van der Waals surface area contributed by atoms with Crippen molar-refractivity contribution < 1.29 is 14.3 Å². The van der Waals surface area contributed by atoms with Crippen molar-refractivity contribution in [1.82, 2.24) is 0 Å². The van der Waals surface area contributed by atoms with Crippen molar-refractivity contribution >= 4 is 5.97 Å².